The Hall–Kier alpha value is -1.31. The summed E-state index contributed by atoms with van der Waals surface area (Å²) < 4.78 is 5.57. The number of fused-ring (bicyclic) bond motifs is 3. The van der Waals surface area contributed by atoms with Crippen LogP contribution in [-0.2, 0) is 10.2 Å². The number of benzene rings is 1. The van der Waals surface area contributed by atoms with Crippen molar-refractivity contribution in [2.75, 3.05) is 0 Å². The van der Waals surface area contributed by atoms with Crippen molar-refractivity contribution in [2.24, 2.45) is 5.41 Å². The molecular weight excluding hydrogens is 356 g/mol. The van der Waals surface area contributed by atoms with Crippen molar-refractivity contribution in [1.29, 1.82) is 0 Å². The van der Waals surface area contributed by atoms with Gasteiger partial charge in [-0.05, 0) is 79.9 Å². The molecule has 0 amide bonds. The number of rotatable bonds is 12. The molecule has 1 aromatic rings. The third-order valence-electron chi connectivity index (χ3n) is 7.90. The van der Waals surface area contributed by atoms with Gasteiger partial charge in [0.1, 0.15) is 5.75 Å². The second kappa shape index (κ2) is 10.6. The van der Waals surface area contributed by atoms with Gasteiger partial charge < -0.3 is 4.74 Å². The monoisotopic (exact) mass is 398 g/mol. The minimum atomic E-state index is -0.0837. The summed E-state index contributed by atoms with van der Waals surface area (Å²) in [5, 5.41) is 0. The normalized spacial score (nSPS) is 25.9. The SMILES string of the molecule is CCCCCCCC(=O)Oc1ccc(C23CCC(CCCCC)(CC2)CC3)cc1. The van der Waals surface area contributed by atoms with E-state index in [2.05, 4.69) is 26.0 Å². The first-order chi connectivity index (χ1) is 14.1. The summed E-state index contributed by atoms with van der Waals surface area (Å²) in [6.45, 7) is 4.51. The summed E-state index contributed by atoms with van der Waals surface area (Å²) in [6.07, 6.45) is 20.2. The first-order valence-corrected chi connectivity index (χ1v) is 12.4. The number of hydrogen-bond donors (Lipinski definition) is 0. The quantitative estimate of drug-likeness (QED) is 0.202. The van der Waals surface area contributed by atoms with E-state index in [1.54, 1.807) is 0 Å². The highest BCUT2D eigenvalue weighted by atomic mass is 16.5. The molecular formula is C27H42O2. The van der Waals surface area contributed by atoms with Gasteiger partial charge in [-0.25, -0.2) is 0 Å². The summed E-state index contributed by atoms with van der Waals surface area (Å²) in [5.41, 5.74) is 2.51. The van der Waals surface area contributed by atoms with Crippen molar-refractivity contribution in [3.05, 3.63) is 29.8 Å². The molecule has 0 aliphatic heterocycles. The predicted molar refractivity (Wildman–Crippen MR) is 121 cm³/mol. The largest absolute Gasteiger partial charge is 0.427 e. The summed E-state index contributed by atoms with van der Waals surface area (Å²) in [6, 6.07) is 8.52. The van der Waals surface area contributed by atoms with E-state index in [-0.39, 0.29) is 5.97 Å². The van der Waals surface area contributed by atoms with Crippen LogP contribution < -0.4 is 4.74 Å². The molecule has 0 heterocycles. The molecule has 2 heteroatoms. The zero-order valence-corrected chi connectivity index (χ0v) is 18.9. The number of esters is 1. The van der Waals surface area contributed by atoms with Crippen LogP contribution in [0, 0.1) is 5.41 Å². The highest BCUT2D eigenvalue weighted by Crippen LogP contribution is 2.59. The average Bonchev–Trinajstić information content (AvgIpc) is 2.75. The van der Waals surface area contributed by atoms with Gasteiger partial charge in [0.2, 0.25) is 0 Å². The Bertz CT molecular complexity index is 606. The molecule has 3 aliphatic rings. The lowest BCUT2D eigenvalue weighted by Crippen LogP contribution is -2.44. The van der Waals surface area contributed by atoms with Crippen molar-refractivity contribution < 1.29 is 9.53 Å². The van der Waals surface area contributed by atoms with Crippen LogP contribution in [0.25, 0.3) is 0 Å². The van der Waals surface area contributed by atoms with Gasteiger partial charge in [-0.15, -0.1) is 0 Å². The third kappa shape index (κ3) is 5.86. The van der Waals surface area contributed by atoms with Crippen molar-refractivity contribution in [3.63, 3.8) is 0 Å². The molecule has 3 saturated carbocycles. The second-order valence-electron chi connectivity index (χ2n) is 9.90. The van der Waals surface area contributed by atoms with Gasteiger partial charge in [0, 0.05) is 6.42 Å². The lowest BCUT2D eigenvalue weighted by Gasteiger charge is -2.54. The minimum absolute atomic E-state index is 0.0837. The molecule has 2 nitrogen and oxygen atoms in total. The fourth-order valence-corrected chi connectivity index (χ4v) is 5.75. The molecule has 0 atom stereocenters. The van der Waals surface area contributed by atoms with Crippen LogP contribution in [0.3, 0.4) is 0 Å². The fraction of sp³-hybridized carbons (Fsp3) is 0.741. The average molecular weight is 399 g/mol. The molecule has 162 valence electrons. The van der Waals surface area contributed by atoms with E-state index in [9.17, 15) is 4.79 Å². The third-order valence-corrected chi connectivity index (χ3v) is 7.90. The molecule has 3 fully saturated rings. The van der Waals surface area contributed by atoms with E-state index >= 15 is 0 Å². The molecule has 0 saturated heterocycles. The maximum atomic E-state index is 12.1. The van der Waals surface area contributed by atoms with E-state index in [1.807, 2.05) is 12.1 Å². The van der Waals surface area contributed by atoms with Crippen molar-refractivity contribution >= 4 is 5.97 Å². The Kier molecular flexibility index (Phi) is 8.21. The molecule has 4 rings (SSSR count). The highest BCUT2D eigenvalue weighted by Gasteiger charge is 2.48. The molecule has 3 aliphatic carbocycles. The minimum Gasteiger partial charge on any atom is -0.427 e. The van der Waals surface area contributed by atoms with Crippen LogP contribution >= 0.6 is 0 Å². The molecule has 0 spiro atoms. The van der Waals surface area contributed by atoms with Gasteiger partial charge in [-0.3, -0.25) is 4.79 Å². The van der Waals surface area contributed by atoms with E-state index in [0.29, 0.717) is 23.0 Å². The maximum Gasteiger partial charge on any atom is 0.311 e. The smallest absolute Gasteiger partial charge is 0.311 e. The summed E-state index contributed by atoms with van der Waals surface area (Å²) >= 11 is 0. The van der Waals surface area contributed by atoms with Gasteiger partial charge >= 0.3 is 5.97 Å². The van der Waals surface area contributed by atoms with E-state index in [0.717, 1.165) is 12.8 Å². The number of ether oxygens (including phenoxy) is 1. The summed E-state index contributed by atoms with van der Waals surface area (Å²) in [4.78, 5) is 12.1. The first kappa shape index (κ1) is 22.4. The van der Waals surface area contributed by atoms with Crippen LogP contribution in [-0.4, -0.2) is 5.97 Å². The van der Waals surface area contributed by atoms with E-state index in [4.69, 9.17) is 4.74 Å². The predicted octanol–water partition coefficient (Wildman–Crippen LogP) is 8.12. The van der Waals surface area contributed by atoms with Gasteiger partial charge in [-0.1, -0.05) is 70.9 Å². The number of unbranched alkanes of at least 4 members (excludes halogenated alkanes) is 6. The van der Waals surface area contributed by atoms with Crippen LogP contribution in [0.2, 0.25) is 0 Å². The summed E-state index contributed by atoms with van der Waals surface area (Å²) in [7, 11) is 0. The Morgan fingerprint density at radius 3 is 2.00 bits per heavy atom. The second-order valence-corrected chi connectivity index (χ2v) is 9.90. The van der Waals surface area contributed by atoms with Gasteiger partial charge in [-0.2, -0.15) is 0 Å². The lowest BCUT2D eigenvalue weighted by atomic mass is 9.51. The lowest BCUT2D eigenvalue weighted by molar-refractivity contribution is -0.134. The molecule has 0 radical (unpaired) electrons. The summed E-state index contributed by atoms with van der Waals surface area (Å²) in [5.74, 6) is 0.629. The molecule has 1 aromatic carbocycles. The van der Waals surface area contributed by atoms with E-state index < -0.39 is 0 Å². The number of carbonyl (C=O) groups excluding carboxylic acids is 1. The van der Waals surface area contributed by atoms with Crippen LogP contribution in [0.1, 0.15) is 122 Å². The highest BCUT2D eigenvalue weighted by molar-refractivity contribution is 5.72. The molecule has 0 unspecified atom stereocenters. The molecule has 0 aromatic heterocycles. The van der Waals surface area contributed by atoms with Crippen LogP contribution in [0.4, 0.5) is 0 Å². The van der Waals surface area contributed by atoms with Gasteiger partial charge in [0.15, 0.2) is 0 Å². The van der Waals surface area contributed by atoms with Crippen molar-refractivity contribution in [1.82, 2.24) is 0 Å². The van der Waals surface area contributed by atoms with Crippen LogP contribution in [0.5, 0.6) is 5.75 Å². The Morgan fingerprint density at radius 2 is 1.38 bits per heavy atom. The van der Waals surface area contributed by atoms with Crippen molar-refractivity contribution in [3.8, 4) is 5.75 Å². The first-order valence-electron chi connectivity index (χ1n) is 12.4. The Labute approximate surface area is 178 Å². The number of carbonyl (C=O) groups is 1. The Balaban J connectivity index is 1.48. The zero-order chi connectivity index (χ0) is 20.6. The number of hydrogen-bond acceptors (Lipinski definition) is 2. The Morgan fingerprint density at radius 1 is 0.793 bits per heavy atom. The van der Waals surface area contributed by atoms with Gasteiger partial charge in [0.05, 0.1) is 0 Å². The maximum absolute atomic E-state index is 12.1. The molecule has 0 N–H and O–H groups in total. The molecule has 2 bridgehead atoms. The topological polar surface area (TPSA) is 26.3 Å². The molecule has 29 heavy (non-hydrogen) atoms. The standard InChI is InChI=1S/C27H42O2/c1-3-5-7-8-9-11-25(28)29-24-14-12-23(13-15-24)27-20-17-26(18-21-27,19-22-27)16-10-6-4-2/h12-15H,3-11,16-22H2,1-2H3. The zero-order valence-electron chi connectivity index (χ0n) is 18.9. The van der Waals surface area contributed by atoms with Gasteiger partial charge in [0.25, 0.3) is 0 Å². The van der Waals surface area contributed by atoms with Crippen molar-refractivity contribution in [2.45, 2.75) is 122 Å². The fourth-order valence-electron chi connectivity index (χ4n) is 5.75. The van der Waals surface area contributed by atoms with E-state index in [1.165, 1.54) is 89.0 Å². The van der Waals surface area contributed by atoms with Crippen LogP contribution in [0.15, 0.2) is 24.3 Å².